The third-order valence-electron chi connectivity index (χ3n) is 3.79. The third kappa shape index (κ3) is 4.15. The van der Waals surface area contributed by atoms with Crippen molar-refractivity contribution >= 4 is 0 Å². The van der Waals surface area contributed by atoms with Crippen molar-refractivity contribution in [3.8, 4) is 0 Å². The Labute approximate surface area is 105 Å². The number of hydrogen-bond donors (Lipinski definition) is 1. The van der Waals surface area contributed by atoms with Crippen molar-refractivity contribution in [1.82, 2.24) is 15.1 Å². The molecule has 1 aliphatic rings. The minimum absolute atomic E-state index is 0.733. The van der Waals surface area contributed by atoms with E-state index in [0.717, 1.165) is 25.0 Å². The molecule has 1 aliphatic carbocycles. The zero-order valence-corrected chi connectivity index (χ0v) is 11.2. The molecule has 1 heterocycles. The van der Waals surface area contributed by atoms with E-state index in [1.807, 2.05) is 10.9 Å². The molecule has 0 bridgehead atoms. The normalized spacial score (nSPS) is 25.8. The number of aryl methyl sites for hydroxylation is 1. The summed E-state index contributed by atoms with van der Waals surface area (Å²) in [5.41, 5.74) is 1.24. The Hall–Kier alpha value is -0.830. The third-order valence-corrected chi connectivity index (χ3v) is 3.79. The van der Waals surface area contributed by atoms with Crippen molar-refractivity contribution in [2.24, 2.45) is 5.92 Å². The second-order valence-electron chi connectivity index (χ2n) is 5.55. The smallest absolute Gasteiger partial charge is 0.0534 e. The van der Waals surface area contributed by atoms with E-state index in [0.29, 0.717) is 0 Å². The SMILES string of the molecule is Cc1cnn(CCNC2CCCC(C)CC2)c1. The van der Waals surface area contributed by atoms with Gasteiger partial charge in [0.05, 0.1) is 12.7 Å². The van der Waals surface area contributed by atoms with E-state index in [-0.39, 0.29) is 0 Å². The van der Waals surface area contributed by atoms with Crippen LogP contribution in [0.2, 0.25) is 0 Å². The fourth-order valence-electron chi connectivity index (χ4n) is 2.66. The average Bonchev–Trinajstić information content (AvgIpc) is 2.59. The molecule has 3 nitrogen and oxygen atoms in total. The molecule has 0 spiro atoms. The maximum absolute atomic E-state index is 4.31. The van der Waals surface area contributed by atoms with Gasteiger partial charge in [-0.2, -0.15) is 5.10 Å². The van der Waals surface area contributed by atoms with E-state index >= 15 is 0 Å². The molecule has 2 rings (SSSR count). The molecule has 0 aliphatic heterocycles. The second kappa shape index (κ2) is 6.20. The van der Waals surface area contributed by atoms with Gasteiger partial charge >= 0.3 is 0 Å². The number of rotatable bonds is 4. The van der Waals surface area contributed by atoms with Gasteiger partial charge in [-0.05, 0) is 37.7 Å². The highest BCUT2D eigenvalue weighted by Crippen LogP contribution is 2.22. The first-order valence-corrected chi connectivity index (χ1v) is 6.96. The largest absolute Gasteiger partial charge is 0.312 e. The van der Waals surface area contributed by atoms with Crippen molar-refractivity contribution in [2.75, 3.05) is 6.54 Å². The van der Waals surface area contributed by atoms with Gasteiger partial charge in [-0.25, -0.2) is 0 Å². The van der Waals surface area contributed by atoms with E-state index in [2.05, 4.69) is 30.5 Å². The molecule has 2 unspecified atom stereocenters. The quantitative estimate of drug-likeness (QED) is 0.813. The highest BCUT2D eigenvalue weighted by molar-refractivity contribution is 4.99. The maximum Gasteiger partial charge on any atom is 0.0534 e. The van der Waals surface area contributed by atoms with Crippen molar-refractivity contribution in [3.05, 3.63) is 18.0 Å². The standard InChI is InChI=1S/C14H25N3/c1-12-4-3-5-14(7-6-12)15-8-9-17-11-13(2)10-16-17/h10-12,14-15H,3-9H2,1-2H3. The molecule has 1 aromatic heterocycles. The highest BCUT2D eigenvalue weighted by Gasteiger charge is 2.15. The highest BCUT2D eigenvalue weighted by atomic mass is 15.3. The lowest BCUT2D eigenvalue weighted by Gasteiger charge is -2.16. The van der Waals surface area contributed by atoms with Crippen molar-refractivity contribution in [1.29, 1.82) is 0 Å². The van der Waals surface area contributed by atoms with Crippen LogP contribution in [0.1, 0.15) is 44.6 Å². The maximum atomic E-state index is 4.31. The van der Waals surface area contributed by atoms with Gasteiger partial charge in [0.2, 0.25) is 0 Å². The van der Waals surface area contributed by atoms with Gasteiger partial charge in [-0.3, -0.25) is 4.68 Å². The molecule has 0 aromatic carbocycles. The molecule has 96 valence electrons. The van der Waals surface area contributed by atoms with Crippen LogP contribution in [0.15, 0.2) is 12.4 Å². The van der Waals surface area contributed by atoms with Crippen LogP contribution >= 0.6 is 0 Å². The Morgan fingerprint density at radius 2 is 2.24 bits per heavy atom. The molecule has 1 N–H and O–H groups in total. The number of aromatic nitrogens is 2. The summed E-state index contributed by atoms with van der Waals surface area (Å²) < 4.78 is 2.03. The van der Waals surface area contributed by atoms with Crippen LogP contribution in [-0.2, 0) is 6.54 Å². The molecule has 1 saturated carbocycles. The van der Waals surface area contributed by atoms with Gasteiger partial charge in [-0.1, -0.05) is 19.8 Å². The number of hydrogen-bond acceptors (Lipinski definition) is 2. The molecule has 3 heteroatoms. The minimum Gasteiger partial charge on any atom is -0.312 e. The van der Waals surface area contributed by atoms with Gasteiger partial charge < -0.3 is 5.32 Å². The number of nitrogens with one attached hydrogen (secondary N) is 1. The summed E-state index contributed by atoms with van der Waals surface area (Å²) in [5.74, 6) is 0.926. The van der Waals surface area contributed by atoms with E-state index in [4.69, 9.17) is 0 Å². The van der Waals surface area contributed by atoms with E-state index in [1.54, 1.807) is 0 Å². The monoisotopic (exact) mass is 235 g/mol. The Bertz CT molecular complexity index is 332. The van der Waals surface area contributed by atoms with Gasteiger partial charge in [0.1, 0.15) is 0 Å². The van der Waals surface area contributed by atoms with E-state index in [9.17, 15) is 0 Å². The molecule has 1 aromatic rings. The first-order valence-electron chi connectivity index (χ1n) is 6.96. The minimum atomic E-state index is 0.733. The molecular formula is C14H25N3. The topological polar surface area (TPSA) is 29.9 Å². The number of nitrogens with zero attached hydrogens (tertiary/aromatic N) is 2. The van der Waals surface area contributed by atoms with E-state index < -0.39 is 0 Å². The summed E-state index contributed by atoms with van der Waals surface area (Å²) in [7, 11) is 0. The van der Waals surface area contributed by atoms with Crippen LogP contribution in [0, 0.1) is 12.8 Å². The van der Waals surface area contributed by atoms with Crippen LogP contribution in [0.5, 0.6) is 0 Å². The predicted molar refractivity (Wildman–Crippen MR) is 71.0 cm³/mol. The van der Waals surface area contributed by atoms with Gasteiger partial charge in [0.15, 0.2) is 0 Å². The summed E-state index contributed by atoms with van der Waals surface area (Å²) in [6.07, 6.45) is 10.9. The van der Waals surface area contributed by atoms with Crippen LogP contribution in [-0.4, -0.2) is 22.4 Å². The fourth-order valence-corrected chi connectivity index (χ4v) is 2.66. The predicted octanol–water partition coefficient (Wildman–Crippen LogP) is 2.75. The lowest BCUT2D eigenvalue weighted by Crippen LogP contribution is -2.31. The van der Waals surface area contributed by atoms with Crippen molar-refractivity contribution < 1.29 is 0 Å². The zero-order chi connectivity index (χ0) is 12.1. The second-order valence-corrected chi connectivity index (χ2v) is 5.55. The Morgan fingerprint density at radius 1 is 1.35 bits per heavy atom. The van der Waals surface area contributed by atoms with Gasteiger partial charge in [-0.15, -0.1) is 0 Å². The first kappa shape index (κ1) is 12.6. The first-order chi connectivity index (χ1) is 8.24. The van der Waals surface area contributed by atoms with Gasteiger partial charge in [0.25, 0.3) is 0 Å². The molecule has 17 heavy (non-hydrogen) atoms. The van der Waals surface area contributed by atoms with E-state index in [1.165, 1.54) is 37.7 Å². The molecule has 0 saturated heterocycles. The van der Waals surface area contributed by atoms with Gasteiger partial charge in [0, 0.05) is 18.8 Å². The van der Waals surface area contributed by atoms with Crippen LogP contribution < -0.4 is 5.32 Å². The lowest BCUT2D eigenvalue weighted by atomic mass is 10.0. The fraction of sp³-hybridized carbons (Fsp3) is 0.786. The average molecular weight is 235 g/mol. The lowest BCUT2D eigenvalue weighted by molar-refractivity contribution is 0.429. The summed E-state index contributed by atoms with van der Waals surface area (Å²) >= 11 is 0. The molecule has 1 fully saturated rings. The van der Waals surface area contributed by atoms with Crippen molar-refractivity contribution in [2.45, 2.75) is 58.5 Å². The molecule has 2 atom stereocenters. The Kier molecular flexibility index (Phi) is 4.60. The molecule has 0 amide bonds. The Morgan fingerprint density at radius 3 is 3.00 bits per heavy atom. The van der Waals surface area contributed by atoms with Crippen molar-refractivity contribution in [3.63, 3.8) is 0 Å². The molecule has 0 radical (unpaired) electrons. The Balaban J connectivity index is 1.67. The summed E-state index contributed by atoms with van der Waals surface area (Å²) in [5, 5.41) is 7.98. The zero-order valence-electron chi connectivity index (χ0n) is 11.2. The van der Waals surface area contributed by atoms with Crippen LogP contribution in [0.25, 0.3) is 0 Å². The molecular weight excluding hydrogens is 210 g/mol. The van der Waals surface area contributed by atoms with Crippen LogP contribution in [0.4, 0.5) is 0 Å². The summed E-state index contributed by atoms with van der Waals surface area (Å²) in [4.78, 5) is 0. The summed E-state index contributed by atoms with van der Waals surface area (Å²) in [6, 6.07) is 0.733. The summed E-state index contributed by atoms with van der Waals surface area (Å²) in [6.45, 7) is 6.50. The van der Waals surface area contributed by atoms with Crippen LogP contribution in [0.3, 0.4) is 0 Å².